The van der Waals surface area contributed by atoms with Crippen molar-refractivity contribution < 1.29 is 14.7 Å². The summed E-state index contributed by atoms with van der Waals surface area (Å²) in [6.07, 6.45) is -0.743. The number of hydrogen-bond donors (Lipinski definition) is 3. The van der Waals surface area contributed by atoms with Crippen LogP contribution in [0.1, 0.15) is 18.9 Å². The Labute approximate surface area is 93.5 Å². The summed E-state index contributed by atoms with van der Waals surface area (Å²) in [5, 5.41) is 13.5. The number of anilines is 2. The Morgan fingerprint density at radius 3 is 2.56 bits per heavy atom. The lowest BCUT2D eigenvalue weighted by molar-refractivity contribution is -0.115. The summed E-state index contributed by atoms with van der Waals surface area (Å²) in [5.41, 5.74) is 1.94. The van der Waals surface area contributed by atoms with Crippen LogP contribution in [0.4, 0.5) is 16.2 Å². The van der Waals surface area contributed by atoms with Crippen molar-refractivity contribution in [1.29, 1.82) is 0 Å². The molecule has 0 aliphatic carbocycles. The molecule has 0 aromatic heterocycles. The average Bonchev–Trinajstić information content (AvgIpc) is 2.22. The van der Waals surface area contributed by atoms with Crippen LogP contribution in [-0.2, 0) is 4.79 Å². The molecule has 0 aliphatic rings. The first-order valence-electron chi connectivity index (χ1n) is 4.93. The van der Waals surface area contributed by atoms with E-state index in [0.29, 0.717) is 17.8 Å². The molecule has 0 saturated heterocycles. The van der Waals surface area contributed by atoms with Gasteiger partial charge in [-0.1, -0.05) is 13.0 Å². The second-order valence-electron chi connectivity index (χ2n) is 3.36. The molecule has 3 N–H and O–H groups in total. The molecule has 1 rings (SSSR count). The summed E-state index contributed by atoms with van der Waals surface area (Å²) in [7, 11) is 0. The van der Waals surface area contributed by atoms with E-state index in [1.165, 1.54) is 0 Å². The van der Waals surface area contributed by atoms with Gasteiger partial charge < -0.3 is 10.4 Å². The molecular formula is C11H14N2O3. The fourth-order valence-corrected chi connectivity index (χ4v) is 1.20. The zero-order chi connectivity index (χ0) is 12.1. The number of aryl methyl sites for hydroxylation is 1. The first kappa shape index (κ1) is 12.0. The van der Waals surface area contributed by atoms with Crippen LogP contribution in [0.2, 0.25) is 0 Å². The van der Waals surface area contributed by atoms with E-state index in [0.717, 1.165) is 5.56 Å². The van der Waals surface area contributed by atoms with Gasteiger partial charge in [0.05, 0.1) is 0 Å². The van der Waals surface area contributed by atoms with Crippen molar-refractivity contribution >= 4 is 23.4 Å². The molecule has 0 bridgehead atoms. The average molecular weight is 222 g/mol. The van der Waals surface area contributed by atoms with E-state index in [9.17, 15) is 9.59 Å². The standard InChI is InChI=1S/C11H14N2O3/c1-3-10(14)13-9-6-8(12-11(15)16)5-4-7(9)2/h4-6,12H,3H2,1-2H3,(H,13,14)(H,15,16). The Kier molecular flexibility index (Phi) is 3.88. The van der Waals surface area contributed by atoms with Crippen molar-refractivity contribution in [3.63, 3.8) is 0 Å². The maximum absolute atomic E-state index is 11.2. The van der Waals surface area contributed by atoms with Gasteiger partial charge >= 0.3 is 6.09 Å². The van der Waals surface area contributed by atoms with Gasteiger partial charge in [0.1, 0.15) is 0 Å². The van der Waals surface area contributed by atoms with Crippen LogP contribution in [-0.4, -0.2) is 17.1 Å². The maximum Gasteiger partial charge on any atom is 0.409 e. The Morgan fingerprint density at radius 2 is 2.00 bits per heavy atom. The molecule has 0 aliphatic heterocycles. The number of carboxylic acid groups (broad SMARTS) is 1. The molecule has 1 aromatic carbocycles. The topological polar surface area (TPSA) is 78.4 Å². The van der Waals surface area contributed by atoms with E-state index < -0.39 is 6.09 Å². The number of hydrogen-bond acceptors (Lipinski definition) is 2. The van der Waals surface area contributed by atoms with Gasteiger partial charge in [0.25, 0.3) is 0 Å². The Balaban J connectivity index is 2.90. The molecule has 0 atom stereocenters. The van der Waals surface area contributed by atoms with Gasteiger partial charge in [-0.3, -0.25) is 10.1 Å². The highest BCUT2D eigenvalue weighted by atomic mass is 16.4. The Hall–Kier alpha value is -2.04. The van der Waals surface area contributed by atoms with Crippen LogP contribution < -0.4 is 10.6 Å². The minimum atomic E-state index is -1.13. The van der Waals surface area contributed by atoms with Gasteiger partial charge in [-0.05, 0) is 24.6 Å². The van der Waals surface area contributed by atoms with E-state index in [-0.39, 0.29) is 5.91 Å². The lowest BCUT2D eigenvalue weighted by Crippen LogP contribution is -2.12. The molecule has 0 unspecified atom stereocenters. The zero-order valence-corrected chi connectivity index (χ0v) is 9.20. The molecule has 0 saturated carbocycles. The third kappa shape index (κ3) is 3.27. The van der Waals surface area contributed by atoms with Crippen molar-refractivity contribution in [2.75, 3.05) is 10.6 Å². The van der Waals surface area contributed by atoms with Crippen molar-refractivity contribution in [3.8, 4) is 0 Å². The molecule has 0 heterocycles. The van der Waals surface area contributed by atoms with E-state index >= 15 is 0 Å². The predicted molar refractivity (Wildman–Crippen MR) is 61.7 cm³/mol. The summed E-state index contributed by atoms with van der Waals surface area (Å²) in [6, 6.07) is 4.98. The van der Waals surface area contributed by atoms with Crippen LogP contribution in [0, 0.1) is 6.92 Å². The largest absolute Gasteiger partial charge is 0.465 e. The van der Waals surface area contributed by atoms with Gasteiger partial charge in [0, 0.05) is 17.8 Å². The smallest absolute Gasteiger partial charge is 0.409 e. The molecule has 0 radical (unpaired) electrons. The number of rotatable bonds is 3. The Morgan fingerprint density at radius 1 is 1.31 bits per heavy atom. The third-order valence-electron chi connectivity index (χ3n) is 2.08. The second-order valence-corrected chi connectivity index (χ2v) is 3.36. The fourth-order valence-electron chi connectivity index (χ4n) is 1.20. The van der Waals surface area contributed by atoms with Gasteiger partial charge in [-0.15, -0.1) is 0 Å². The van der Waals surface area contributed by atoms with Crippen molar-refractivity contribution in [3.05, 3.63) is 23.8 Å². The molecule has 0 fully saturated rings. The van der Waals surface area contributed by atoms with Crippen LogP contribution in [0.5, 0.6) is 0 Å². The first-order valence-corrected chi connectivity index (χ1v) is 4.93. The number of benzene rings is 1. The monoisotopic (exact) mass is 222 g/mol. The summed E-state index contributed by atoms with van der Waals surface area (Å²) in [4.78, 5) is 21.7. The van der Waals surface area contributed by atoms with E-state index in [2.05, 4.69) is 10.6 Å². The summed E-state index contributed by atoms with van der Waals surface area (Å²) in [5.74, 6) is -0.101. The molecule has 5 nitrogen and oxygen atoms in total. The minimum absolute atomic E-state index is 0.101. The lowest BCUT2D eigenvalue weighted by Gasteiger charge is -2.09. The highest BCUT2D eigenvalue weighted by Gasteiger charge is 2.05. The van der Waals surface area contributed by atoms with Crippen LogP contribution in [0.3, 0.4) is 0 Å². The highest BCUT2D eigenvalue weighted by Crippen LogP contribution is 2.20. The molecule has 1 aromatic rings. The van der Waals surface area contributed by atoms with E-state index in [4.69, 9.17) is 5.11 Å². The Bertz CT molecular complexity index is 416. The predicted octanol–water partition coefficient (Wildman–Crippen LogP) is 2.43. The summed E-state index contributed by atoms with van der Waals surface area (Å²) in [6.45, 7) is 3.60. The van der Waals surface area contributed by atoms with Gasteiger partial charge in [0.2, 0.25) is 5.91 Å². The van der Waals surface area contributed by atoms with Crippen molar-refractivity contribution in [2.45, 2.75) is 20.3 Å². The quantitative estimate of drug-likeness (QED) is 0.734. The van der Waals surface area contributed by atoms with E-state index in [1.54, 1.807) is 25.1 Å². The molecule has 86 valence electrons. The normalized spacial score (nSPS) is 9.62. The summed E-state index contributed by atoms with van der Waals surface area (Å²) < 4.78 is 0. The van der Waals surface area contributed by atoms with Crippen molar-refractivity contribution in [2.24, 2.45) is 0 Å². The van der Waals surface area contributed by atoms with Crippen molar-refractivity contribution in [1.82, 2.24) is 0 Å². The zero-order valence-electron chi connectivity index (χ0n) is 9.20. The first-order chi connectivity index (χ1) is 7.52. The number of nitrogens with one attached hydrogen (secondary N) is 2. The van der Waals surface area contributed by atoms with Crippen LogP contribution >= 0.6 is 0 Å². The second kappa shape index (κ2) is 5.16. The number of carbonyl (C=O) groups excluding carboxylic acids is 1. The SMILES string of the molecule is CCC(=O)Nc1cc(NC(=O)O)ccc1C. The van der Waals surface area contributed by atoms with Gasteiger partial charge in [0.15, 0.2) is 0 Å². The van der Waals surface area contributed by atoms with E-state index in [1.807, 2.05) is 6.92 Å². The molecular weight excluding hydrogens is 208 g/mol. The molecule has 0 spiro atoms. The summed E-state index contributed by atoms with van der Waals surface area (Å²) >= 11 is 0. The fraction of sp³-hybridized carbons (Fsp3) is 0.273. The molecule has 2 amide bonds. The molecule has 5 heteroatoms. The number of carbonyl (C=O) groups is 2. The minimum Gasteiger partial charge on any atom is -0.465 e. The molecule has 16 heavy (non-hydrogen) atoms. The lowest BCUT2D eigenvalue weighted by atomic mass is 10.1. The van der Waals surface area contributed by atoms with Gasteiger partial charge in [-0.2, -0.15) is 0 Å². The van der Waals surface area contributed by atoms with Crippen LogP contribution in [0.25, 0.3) is 0 Å². The number of amides is 2. The highest BCUT2D eigenvalue weighted by molar-refractivity contribution is 5.92. The maximum atomic E-state index is 11.2. The van der Waals surface area contributed by atoms with Crippen LogP contribution in [0.15, 0.2) is 18.2 Å². The van der Waals surface area contributed by atoms with Gasteiger partial charge in [-0.25, -0.2) is 4.79 Å². The third-order valence-corrected chi connectivity index (χ3v) is 2.08.